The smallest absolute Gasteiger partial charge is 0.409 e. The van der Waals surface area contributed by atoms with E-state index in [0.29, 0.717) is 60.0 Å². The molecule has 1 aromatic rings. The van der Waals surface area contributed by atoms with E-state index in [1.165, 1.54) is 11.8 Å². The number of ether oxygens (including phenoxy) is 2. The fourth-order valence-electron chi connectivity index (χ4n) is 4.23. The SMILES string of the molecule is O=C1C(=O)c2ccccc2C2=C1SCC1(CCN(C(=O)OC3CC[N-]C3)CC1)O2. The Morgan fingerprint density at radius 2 is 1.93 bits per heavy atom. The summed E-state index contributed by atoms with van der Waals surface area (Å²) in [6, 6.07) is 7.09. The number of benzene rings is 1. The Morgan fingerprint density at radius 1 is 1.17 bits per heavy atom. The molecular weight excluding hydrogens is 392 g/mol. The summed E-state index contributed by atoms with van der Waals surface area (Å²) in [5.74, 6) is 0.159. The van der Waals surface area contributed by atoms with Crippen LogP contribution in [0.15, 0.2) is 29.2 Å². The third-order valence-corrected chi connectivity index (χ3v) is 7.31. The highest BCUT2D eigenvalue weighted by Crippen LogP contribution is 2.47. The van der Waals surface area contributed by atoms with Gasteiger partial charge in [0.25, 0.3) is 0 Å². The van der Waals surface area contributed by atoms with E-state index in [1.54, 1.807) is 17.0 Å². The number of piperidine rings is 1. The number of allylic oxidation sites excluding steroid dienone is 1. The standard InChI is InChI=1S/C21H21N2O5S/c24-16-14-3-1-2-4-15(14)18-19(17(16)25)29-12-21(28-18)6-9-23(10-7-21)20(26)27-13-5-8-22-11-13/h1-4,13H,5-12H2/q-1. The molecule has 1 atom stereocenters. The molecule has 2 fully saturated rings. The third kappa shape index (κ3) is 3.24. The van der Waals surface area contributed by atoms with E-state index < -0.39 is 17.2 Å². The van der Waals surface area contributed by atoms with E-state index in [4.69, 9.17) is 9.47 Å². The number of rotatable bonds is 1. The lowest BCUT2D eigenvalue weighted by molar-refractivity contribution is -0.111. The Morgan fingerprint density at radius 3 is 2.66 bits per heavy atom. The molecule has 0 N–H and O–H groups in total. The predicted molar refractivity (Wildman–Crippen MR) is 108 cm³/mol. The van der Waals surface area contributed by atoms with E-state index >= 15 is 0 Å². The molecule has 3 heterocycles. The highest BCUT2D eigenvalue weighted by Gasteiger charge is 2.46. The summed E-state index contributed by atoms with van der Waals surface area (Å²) in [5.41, 5.74) is 0.638. The molecule has 29 heavy (non-hydrogen) atoms. The van der Waals surface area contributed by atoms with Gasteiger partial charge in [-0.25, -0.2) is 4.79 Å². The number of nitrogens with zero attached hydrogens (tertiary/aromatic N) is 2. The van der Waals surface area contributed by atoms with E-state index in [1.807, 2.05) is 12.1 Å². The Bertz CT molecular complexity index is 913. The summed E-state index contributed by atoms with van der Waals surface area (Å²) in [6.07, 6.45) is 1.73. The lowest BCUT2D eigenvalue weighted by atomic mass is 9.90. The van der Waals surface area contributed by atoms with Crippen LogP contribution >= 0.6 is 11.8 Å². The average Bonchev–Trinajstić information content (AvgIpc) is 3.25. The molecule has 4 aliphatic rings. The number of Topliss-reactive ketones (excluding diaryl/α,β-unsaturated/α-hetero) is 2. The first-order valence-corrected chi connectivity index (χ1v) is 10.9. The number of amides is 1. The van der Waals surface area contributed by atoms with Crippen LogP contribution in [0.1, 0.15) is 35.2 Å². The van der Waals surface area contributed by atoms with Crippen molar-refractivity contribution >= 4 is 35.2 Å². The molecule has 0 aromatic heterocycles. The molecule has 152 valence electrons. The van der Waals surface area contributed by atoms with E-state index in [-0.39, 0.29) is 12.2 Å². The Hall–Kier alpha value is -2.32. The summed E-state index contributed by atoms with van der Waals surface area (Å²) in [5, 5.41) is 4.22. The molecule has 3 aliphatic heterocycles. The molecule has 1 amide bonds. The number of carbonyl (C=O) groups excluding carboxylic acids is 3. The van der Waals surface area contributed by atoms with Gasteiger partial charge in [0.1, 0.15) is 16.3 Å². The molecule has 1 unspecified atom stereocenters. The number of thioether (sulfide) groups is 1. The Labute approximate surface area is 172 Å². The van der Waals surface area contributed by atoms with Crippen LogP contribution in [0.5, 0.6) is 0 Å². The fraction of sp³-hybridized carbons (Fsp3) is 0.476. The van der Waals surface area contributed by atoms with Crippen molar-refractivity contribution in [2.75, 3.05) is 31.9 Å². The van der Waals surface area contributed by atoms with Gasteiger partial charge in [0.2, 0.25) is 11.6 Å². The number of ketones is 2. The molecular formula is C21H21N2O5S-. The monoisotopic (exact) mass is 413 g/mol. The summed E-state index contributed by atoms with van der Waals surface area (Å²) in [4.78, 5) is 39.5. The summed E-state index contributed by atoms with van der Waals surface area (Å²) >= 11 is 1.40. The van der Waals surface area contributed by atoms with Gasteiger partial charge in [-0.3, -0.25) is 9.59 Å². The van der Waals surface area contributed by atoms with Crippen molar-refractivity contribution in [2.24, 2.45) is 0 Å². The van der Waals surface area contributed by atoms with Crippen molar-refractivity contribution in [1.82, 2.24) is 4.90 Å². The Balaban J connectivity index is 1.31. The van der Waals surface area contributed by atoms with Gasteiger partial charge in [0, 0.05) is 42.8 Å². The van der Waals surface area contributed by atoms with Gasteiger partial charge in [-0.05, 0) is 6.42 Å². The quantitative estimate of drug-likeness (QED) is 0.658. The molecule has 0 saturated carbocycles. The number of hydrogen-bond donors (Lipinski definition) is 0. The highest BCUT2D eigenvalue weighted by molar-refractivity contribution is 8.04. The van der Waals surface area contributed by atoms with Crippen LogP contribution in [0.25, 0.3) is 11.1 Å². The van der Waals surface area contributed by atoms with Crippen LogP contribution in [0, 0.1) is 0 Å². The first kappa shape index (κ1) is 18.7. The van der Waals surface area contributed by atoms with Crippen LogP contribution < -0.4 is 0 Å². The van der Waals surface area contributed by atoms with Crippen molar-refractivity contribution in [1.29, 1.82) is 0 Å². The summed E-state index contributed by atoms with van der Waals surface area (Å²) in [6.45, 7) is 2.43. The van der Waals surface area contributed by atoms with Gasteiger partial charge in [-0.15, -0.1) is 24.9 Å². The van der Waals surface area contributed by atoms with Crippen molar-refractivity contribution < 1.29 is 23.9 Å². The van der Waals surface area contributed by atoms with Crippen molar-refractivity contribution in [2.45, 2.75) is 31.0 Å². The zero-order valence-electron chi connectivity index (χ0n) is 15.9. The second-order valence-electron chi connectivity index (χ2n) is 7.85. The topological polar surface area (TPSA) is 87.0 Å². The minimum Gasteiger partial charge on any atom is -0.659 e. The largest absolute Gasteiger partial charge is 0.659 e. The van der Waals surface area contributed by atoms with Crippen LogP contribution in [-0.4, -0.2) is 66.2 Å². The normalized spacial score (nSPS) is 25.5. The lowest BCUT2D eigenvalue weighted by Gasteiger charge is -2.45. The third-order valence-electron chi connectivity index (χ3n) is 5.98. The maximum absolute atomic E-state index is 12.5. The van der Waals surface area contributed by atoms with Crippen molar-refractivity contribution in [3.63, 3.8) is 0 Å². The van der Waals surface area contributed by atoms with Crippen molar-refractivity contribution in [3.05, 3.63) is 45.6 Å². The molecule has 0 radical (unpaired) electrons. The maximum atomic E-state index is 12.5. The summed E-state index contributed by atoms with van der Waals surface area (Å²) < 4.78 is 12.0. The Kier molecular flexibility index (Phi) is 4.63. The van der Waals surface area contributed by atoms with Crippen LogP contribution in [0.4, 0.5) is 4.79 Å². The maximum Gasteiger partial charge on any atom is 0.409 e. The van der Waals surface area contributed by atoms with Crippen LogP contribution in [-0.2, 0) is 14.3 Å². The summed E-state index contributed by atoms with van der Waals surface area (Å²) in [7, 11) is 0. The average molecular weight is 413 g/mol. The van der Waals surface area contributed by atoms with E-state index in [0.717, 1.165) is 13.0 Å². The molecule has 5 rings (SSSR count). The second-order valence-corrected chi connectivity index (χ2v) is 8.83. The number of hydrogen-bond acceptors (Lipinski definition) is 6. The fourth-order valence-corrected chi connectivity index (χ4v) is 5.49. The predicted octanol–water partition coefficient (Wildman–Crippen LogP) is 3.00. The molecule has 1 aromatic carbocycles. The zero-order valence-corrected chi connectivity index (χ0v) is 16.7. The molecule has 2 saturated heterocycles. The van der Waals surface area contributed by atoms with E-state index in [9.17, 15) is 14.4 Å². The first-order valence-electron chi connectivity index (χ1n) is 9.90. The molecule has 1 aliphatic carbocycles. The second kappa shape index (κ2) is 7.18. The van der Waals surface area contributed by atoms with E-state index in [2.05, 4.69) is 5.32 Å². The highest BCUT2D eigenvalue weighted by atomic mass is 32.2. The number of fused-ring (bicyclic) bond motifs is 2. The molecule has 8 heteroatoms. The van der Waals surface area contributed by atoms with Gasteiger partial charge < -0.3 is 19.7 Å². The van der Waals surface area contributed by atoms with Crippen LogP contribution in [0.3, 0.4) is 0 Å². The molecule has 0 bridgehead atoms. The number of carbonyl (C=O) groups is 3. The van der Waals surface area contributed by atoms with Crippen LogP contribution in [0.2, 0.25) is 0 Å². The van der Waals surface area contributed by atoms with Gasteiger partial charge in [0.05, 0.1) is 6.10 Å². The van der Waals surface area contributed by atoms with Gasteiger partial charge in [-0.1, -0.05) is 24.3 Å². The van der Waals surface area contributed by atoms with Gasteiger partial charge in [-0.2, -0.15) is 0 Å². The zero-order chi connectivity index (χ0) is 20.0. The number of likely N-dealkylation sites (tertiary alicyclic amines) is 1. The van der Waals surface area contributed by atoms with Gasteiger partial charge >= 0.3 is 6.09 Å². The minimum atomic E-state index is -0.485. The molecule has 1 spiro atoms. The first-order chi connectivity index (χ1) is 14.1. The lowest BCUT2D eigenvalue weighted by Crippen LogP contribution is -2.51. The van der Waals surface area contributed by atoms with Crippen molar-refractivity contribution in [3.8, 4) is 0 Å². The minimum absolute atomic E-state index is 0.102. The molecule has 7 nitrogen and oxygen atoms in total. The van der Waals surface area contributed by atoms with Gasteiger partial charge in [0.15, 0.2) is 0 Å².